The molecule has 0 spiro atoms. The van der Waals surface area contributed by atoms with E-state index in [1.54, 1.807) is 6.92 Å². The molecule has 3 fully saturated rings. The summed E-state index contributed by atoms with van der Waals surface area (Å²) >= 11 is 4.06. The molecular weight excluding hydrogens is 474 g/mol. The monoisotopic (exact) mass is 516 g/mol. The minimum absolute atomic E-state index is 0.00540. The van der Waals surface area contributed by atoms with E-state index in [2.05, 4.69) is 12.6 Å². The summed E-state index contributed by atoms with van der Waals surface area (Å²) in [5.41, 5.74) is -3.92. The Morgan fingerprint density at radius 1 is 1.23 bits per heavy atom. The van der Waals surface area contributed by atoms with Gasteiger partial charge in [-0.3, -0.25) is 9.59 Å². The van der Waals surface area contributed by atoms with E-state index >= 15 is 8.78 Å². The molecule has 2 N–H and O–H groups in total. The Morgan fingerprint density at radius 2 is 1.77 bits per heavy atom. The summed E-state index contributed by atoms with van der Waals surface area (Å²) < 4.78 is 31.9. The summed E-state index contributed by atoms with van der Waals surface area (Å²) in [6.45, 7) is 11.3. The van der Waals surface area contributed by atoms with Crippen molar-refractivity contribution in [3.05, 3.63) is 23.8 Å². The number of fused-ring (bicyclic) bond motifs is 5. The Balaban J connectivity index is 0.000000684. The number of hydrogen-bond donors (Lipinski definition) is 3. The minimum Gasteiger partial charge on any atom is -0.400 e. The van der Waals surface area contributed by atoms with Crippen molar-refractivity contribution in [2.75, 3.05) is 7.11 Å². The van der Waals surface area contributed by atoms with Gasteiger partial charge in [0.2, 0.25) is 0 Å². The lowest BCUT2D eigenvalue weighted by Gasteiger charge is -2.62. The fraction of sp³-hybridized carbons (Fsp3) is 0.741. The quantitative estimate of drug-likeness (QED) is 0.360. The van der Waals surface area contributed by atoms with Crippen molar-refractivity contribution in [2.45, 2.75) is 85.2 Å². The van der Waals surface area contributed by atoms with Crippen molar-refractivity contribution in [1.29, 1.82) is 0 Å². The van der Waals surface area contributed by atoms with Crippen LogP contribution in [0, 0.1) is 34.5 Å². The second-order valence-electron chi connectivity index (χ2n) is 10.1. The Bertz CT molecular complexity index is 845. The Kier molecular flexibility index (Phi) is 11.1. The fourth-order valence-electron chi connectivity index (χ4n) is 7.10. The average Bonchev–Trinajstić information content (AvgIpc) is 3.09. The van der Waals surface area contributed by atoms with Crippen molar-refractivity contribution in [2.24, 2.45) is 34.5 Å². The minimum atomic E-state index is -2.07. The van der Waals surface area contributed by atoms with E-state index in [0.717, 1.165) is 13.4 Å². The largest absolute Gasteiger partial charge is 0.400 e. The molecule has 200 valence electrons. The lowest BCUT2D eigenvalue weighted by molar-refractivity contribution is -0.201. The maximum atomic E-state index is 16.8. The van der Waals surface area contributed by atoms with Crippen molar-refractivity contribution in [3.63, 3.8) is 0 Å². The highest BCUT2D eigenvalue weighted by atomic mass is 32.1. The molecule has 0 aromatic rings. The van der Waals surface area contributed by atoms with Crippen molar-refractivity contribution in [3.8, 4) is 0 Å². The van der Waals surface area contributed by atoms with Crippen LogP contribution in [0.15, 0.2) is 23.8 Å². The molecule has 0 bridgehead atoms. The van der Waals surface area contributed by atoms with Gasteiger partial charge in [0.25, 0.3) is 0 Å². The second-order valence-corrected chi connectivity index (χ2v) is 10.5. The van der Waals surface area contributed by atoms with Crippen LogP contribution in [0.25, 0.3) is 0 Å². The van der Waals surface area contributed by atoms with Crippen LogP contribution in [0.4, 0.5) is 8.78 Å². The number of thiol groups is 1. The lowest BCUT2D eigenvalue weighted by atomic mass is 9.45. The number of alkyl halides is 2. The van der Waals surface area contributed by atoms with Gasteiger partial charge in [-0.15, -0.1) is 12.6 Å². The van der Waals surface area contributed by atoms with Gasteiger partial charge in [0.05, 0.1) is 6.10 Å². The normalized spacial score (nSPS) is 42.7. The predicted molar refractivity (Wildman–Crippen MR) is 137 cm³/mol. The van der Waals surface area contributed by atoms with Gasteiger partial charge >= 0.3 is 0 Å². The third kappa shape index (κ3) is 5.08. The number of aliphatic hydroxyl groups is 2. The van der Waals surface area contributed by atoms with Crippen molar-refractivity contribution < 1.29 is 33.4 Å². The first-order valence-corrected chi connectivity index (χ1v) is 12.9. The topological polar surface area (TPSA) is 91.7 Å². The molecule has 0 heterocycles. The molecule has 0 radical (unpaired) electrons. The van der Waals surface area contributed by atoms with Gasteiger partial charge in [-0.2, -0.15) is 0 Å². The number of halogens is 2. The maximum Gasteiger partial charge on any atom is 0.189 e. The summed E-state index contributed by atoms with van der Waals surface area (Å²) in [6.07, 6.45) is 3.31. The summed E-state index contributed by atoms with van der Waals surface area (Å²) in [4.78, 5) is 33.2. The van der Waals surface area contributed by atoms with Crippen LogP contribution in [0.5, 0.6) is 0 Å². The Hall–Kier alpha value is -1.38. The molecule has 0 aromatic heterocycles. The number of aliphatic hydroxyl groups excluding tert-OH is 2. The molecule has 3 saturated carbocycles. The molecule has 5 nitrogen and oxygen atoms in total. The van der Waals surface area contributed by atoms with Crippen LogP contribution in [-0.4, -0.2) is 52.5 Å². The molecular formula is C27H42F2O5S. The first kappa shape index (κ1) is 31.6. The van der Waals surface area contributed by atoms with E-state index in [-0.39, 0.29) is 47.1 Å². The first-order chi connectivity index (χ1) is 16.4. The van der Waals surface area contributed by atoms with Gasteiger partial charge in [-0.05, 0) is 61.2 Å². The number of hydrogen-bond acceptors (Lipinski definition) is 5. The van der Waals surface area contributed by atoms with Gasteiger partial charge in [-0.1, -0.05) is 40.7 Å². The molecule has 9 atom stereocenters. The Morgan fingerprint density at radius 3 is 2.26 bits per heavy atom. The molecule has 35 heavy (non-hydrogen) atoms. The van der Waals surface area contributed by atoms with Gasteiger partial charge in [0.1, 0.15) is 12.5 Å². The summed E-state index contributed by atoms with van der Waals surface area (Å²) in [5.74, 6) is -1.66. The highest BCUT2D eigenvalue weighted by molar-refractivity contribution is 7.96. The predicted octanol–water partition coefficient (Wildman–Crippen LogP) is 4.85. The highest BCUT2D eigenvalue weighted by Gasteiger charge is 2.73. The van der Waals surface area contributed by atoms with Gasteiger partial charge in [-0.25, -0.2) is 8.78 Å². The zero-order chi connectivity index (χ0) is 27.4. The molecule has 4 rings (SSSR count). The number of rotatable bonds is 2. The maximum absolute atomic E-state index is 16.8. The molecule has 7 unspecified atom stereocenters. The SMILES string of the molecule is CC.CC1CC2C3C[C@H](F)C4=CC(=O)C=CC4(C)[C@@]3(F)C(O)CC2(C)C1C(=O)S.CCC=O.CO. The van der Waals surface area contributed by atoms with Crippen LogP contribution in [0.2, 0.25) is 0 Å². The third-order valence-electron chi connectivity index (χ3n) is 8.40. The molecule has 0 amide bonds. The third-order valence-corrected chi connectivity index (χ3v) is 8.68. The molecule has 4 aliphatic rings. The number of aldehydes is 1. The second kappa shape index (κ2) is 12.2. The standard InChI is InChI=1S/C21H26F2O3S.C3H6O.C2H6.CH4O/c1-10-6-12-13-8-15(22)14-7-11(24)4-5-20(14,3)21(13,23)16(25)9-19(12,2)17(10)18(26)27;1-2-3-4;2*1-2/h4-5,7,10,12-13,15-17,25H,6,8-9H2,1-3H3,(H,26,27);3H,2H2,1H3;1-2H3;2H,1H3/t10?,12?,13?,15-,16?,17?,19?,20?,21-;;;/m0.../s1. The van der Waals surface area contributed by atoms with E-state index in [0.29, 0.717) is 12.8 Å². The van der Waals surface area contributed by atoms with Crippen LogP contribution in [-0.2, 0) is 14.4 Å². The van der Waals surface area contributed by atoms with E-state index in [1.165, 1.54) is 18.2 Å². The van der Waals surface area contributed by atoms with Crippen molar-refractivity contribution >= 4 is 29.8 Å². The lowest BCUT2D eigenvalue weighted by Crippen LogP contribution is -2.68. The molecule has 0 aliphatic heterocycles. The van der Waals surface area contributed by atoms with E-state index < -0.39 is 34.7 Å². The summed E-state index contributed by atoms with van der Waals surface area (Å²) in [6, 6.07) is 0. The molecule has 0 aromatic carbocycles. The first-order valence-electron chi connectivity index (χ1n) is 12.5. The summed E-state index contributed by atoms with van der Waals surface area (Å²) in [5, 5.41) is 17.8. The number of allylic oxidation sites excluding steroid dienone is 4. The smallest absolute Gasteiger partial charge is 0.189 e. The molecule has 0 saturated heterocycles. The molecule has 8 heteroatoms. The van der Waals surface area contributed by atoms with Crippen molar-refractivity contribution in [1.82, 2.24) is 0 Å². The fourth-order valence-corrected chi connectivity index (χ4v) is 7.65. The van der Waals surface area contributed by atoms with E-state index in [1.807, 2.05) is 34.6 Å². The van der Waals surface area contributed by atoms with Crippen LogP contribution in [0.1, 0.15) is 67.2 Å². The number of carbonyl (C=O) groups is 3. The van der Waals surface area contributed by atoms with Crippen LogP contribution >= 0.6 is 12.6 Å². The van der Waals surface area contributed by atoms with Gasteiger partial charge in [0, 0.05) is 30.8 Å². The van der Waals surface area contributed by atoms with Crippen LogP contribution < -0.4 is 0 Å². The summed E-state index contributed by atoms with van der Waals surface area (Å²) in [7, 11) is 1.00. The average molecular weight is 517 g/mol. The van der Waals surface area contributed by atoms with Gasteiger partial charge in [0.15, 0.2) is 16.6 Å². The zero-order valence-corrected chi connectivity index (χ0v) is 22.8. The van der Waals surface area contributed by atoms with Crippen LogP contribution in [0.3, 0.4) is 0 Å². The highest BCUT2D eigenvalue weighted by Crippen LogP contribution is 2.70. The number of carbonyl (C=O) groups excluding carboxylic acids is 3. The Labute approximate surface area is 213 Å². The van der Waals surface area contributed by atoms with E-state index in [9.17, 15) is 19.5 Å². The zero-order valence-electron chi connectivity index (χ0n) is 21.9. The molecule has 4 aliphatic carbocycles. The van der Waals surface area contributed by atoms with Gasteiger partial charge < -0.3 is 15.0 Å². The number of ketones is 1. The van der Waals surface area contributed by atoms with E-state index in [4.69, 9.17) is 5.11 Å².